The Labute approximate surface area is 186 Å². The van der Waals surface area contributed by atoms with Crippen LogP contribution in [0.3, 0.4) is 0 Å². The predicted octanol–water partition coefficient (Wildman–Crippen LogP) is 3.27. The standard InChI is InChI=1S/C23H15F3N2O4S/c24-15-5-3-4-14(10-15)12-27-20-7-2-1-6-17(20)23(22(27)30)28(21(29)13-33(23,31)32)16-8-9-18(25)19(26)11-16/h1-11H,12-13H2/t23-/m1/s1. The Hall–Kier alpha value is -3.66. The number of benzene rings is 3. The number of para-hydroxylation sites is 1. The summed E-state index contributed by atoms with van der Waals surface area (Å²) in [6, 6.07) is 14.0. The topological polar surface area (TPSA) is 74.8 Å². The average molecular weight is 472 g/mol. The summed E-state index contributed by atoms with van der Waals surface area (Å²) < 4.78 is 68.2. The van der Waals surface area contributed by atoms with E-state index in [-0.39, 0.29) is 23.5 Å². The van der Waals surface area contributed by atoms with Gasteiger partial charge in [-0.1, -0.05) is 30.3 Å². The number of halogens is 3. The zero-order valence-corrected chi connectivity index (χ0v) is 17.7. The number of hydrogen-bond donors (Lipinski definition) is 0. The third-order valence-electron chi connectivity index (χ3n) is 5.81. The molecule has 0 aromatic heterocycles. The van der Waals surface area contributed by atoms with Crippen molar-refractivity contribution in [3.8, 4) is 0 Å². The maximum atomic E-state index is 14.0. The molecular weight excluding hydrogens is 457 g/mol. The van der Waals surface area contributed by atoms with E-state index >= 15 is 0 Å². The third-order valence-corrected chi connectivity index (χ3v) is 7.92. The number of anilines is 2. The van der Waals surface area contributed by atoms with Crippen molar-refractivity contribution in [2.24, 2.45) is 0 Å². The maximum Gasteiger partial charge on any atom is 0.274 e. The smallest absolute Gasteiger partial charge is 0.274 e. The molecule has 6 nitrogen and oxygen atoms in total. The first-order valence-corrected chi connectivity index (χ1v) is 11.5. The lowest BCUT2D eigenvalue weighted by molar-refractivity contribution is -0.123. The Morgan fingerprint density at radius 2 is 1.64 bits per heavy atom. The second-order valence-electron chi connectivity index (χ2n) is 7.77. The average Bonchev–Trinajstić information content (AvgIpc) is 3.13. The Morgan fingerprint density at radius 1 is 0.879 bits per heavy atom. The number of fused-ring (bicyclic) bond motifs is 2. The molecule has 0 saturated carbocycles. The lowest BCUT2D eigenvalue weighted by atomic mass is 10.0. The van der Waals surface area contributed by atoms with Gasteiger partial charge in [-0.2, -0.15) is 0 Å². The molecule has 0 N–H and O–H groups in total. The summed E-state index contributed by atoms with van der Waals surface area (Å²) in [4.78, 5) is 26.2. The van der Waals surface area contributed by atoms with Crippen LogP contribution in [0.15, 0.2) is 66.7 Å². The van der Waals surface area contributed by atoms with Gasteiger partial charge in [0.1, 0.15) is 11.6 Å². The molecule has 2 aliphatic rings. The molecule has 33 heavy (non-hydrogen) atoms. The molecule has 2 amide bonds. The number of sulfone groups is 1. The predicted molar refractivity (Wildman–Crippen MR) is 113 cm³/mol. The summed E-state index contributed by atoms with van der Waals surface area (Å²) in [6.07, 6.45) is 0. The van der Waals surface area contributed by atoms with E-state index in [9.17, 15) is 31.2 Å². The van der Waals surface area contributed by atoms with E-state index in [4.69, 9.17) is 0 Å². The van der Waals surface area contributed by atoms with Gasteiger partial charge in [-0.15, -0.1) is 0 Å². The third kappa shape index (κ3) is 2.90. The second kappa shape index (κ2) is 7.17. The number of nitrogens with zero attached hydrogens (tertiary/aromatic N) is 2. The van der Waals surface area contributed by atoms with Crippen molar-refractivity contribution in [3.05, 3.63) is 95.3 Å². The normalized spacial score (nSPS) is 21.2. The van der Waals surface area contributed by atoms with Crippen molar-refractivity contribution in [3.63, 3.8) is 0 Å². The molecule has 0 unspecified atom stereocenters. The van der Waals surface area contributed by atoms with Crippen molar-refractivity contribution in [1.29, 1.82) is 0 Å². The highest BCUT2D eigenvalue weighted by Crippen LogP contribution is 2.52. The van der Waals surface area contributed by atoms with Gasteiger partial charge < -0.3 is 4.90 Å². The van der Waals surface area contributed by atoms with E-state index in [1.807, 2.05) is 0 Å². The van der Waals surface area contributed by atoms with Gasteiger partial charge in [-0.05, 0) is 35.9 Å². The number of rotatable bonds is 3. The fraction of sp³-hybridized carbons (Fsp3) is 0.130. The van der Waals surface area contributed by atoms with Crippen LogP contribution in [-0.4, -0.2) is 26.0 Å². The second-order valence-corrected chi connectivity index (χ2v) is 9.88. The summed E-state index contributed by atoms with van der Waals surface area (Å²) in [7, 11) is -4.46. The zero-order chi connectivity index (χ0) is 23.5. The fourth-order valence-electron chi connectivity index (χ4n) is 4.49. The Balaban J connectivity index is 1.74. The summed E-state index contributed by atoms with van der Waals surface area (Å²) in [5, 5.41) is 0. The van der Waals surface area contributed by atoms with Gasteiger partial charge in [0.25, 0.3) is 10.8 Å². The highest BCUT2D eigenvalue weighted by molar-refractivity contribution is 7.94. The summed E-state index contributed by atoms with van der Waals surface area (Å²) in [6.45, 7) is -0.162. The SMILES string of the molecule is O=C1CS(=O)(=O)[C@]2(C(=O)N(Cc3cccc(F)c3)c3ccccc32)N1c1ccc(F)c(F)c1. The van der Waals surface area contributed by atoms with Crippen molar-refractivity contribution in [1.82, 2.24) is 0 Å². The quantitative estimate of drug-likeness (QED) is 0.587. The van der Waals surface area contributed by atoms with Gasteiger partial charge in [-0.25, -0.2) is 21.6 Å². The molecule has 3 aromatic carbocycles. The van der Waals surface area contributed by atoms with Gasteiger partial charge in [0.15, 0.2) is 21.5 Å². The minimum Gasteiger partial charge on any atom is -0.304 e. The molecule has 1 atom stereocenters. The molecule has 0 radical (unpaired) electrons. The number of hydrogen-bond acceptors (Lipinski definition) is 4. The highest BCUT2D eigenvalue weighted by atomic mass is 32.2. The Morgan fingerprint density at radius 3 is 2.36 bits per heavy atom. The molecule has 1 fully saturated rings. The Kier molecular flexibility index (Phi) is 4.61. The molecule has 3 aromatic rings. The lowest BCUT2D eigenvalue weighted by Gasteiger charge is -2.32. The van der Waals surface area contributed by atoms with E-state index in [1.165, 1.54) is 36.4 Å². The maximum absolute atomic E-state index is 14.0. The molecule has 2 aliphatic heterocycles. The fourth-order valence-corrected chi connectivity index (χ4v) is 6.52. The van der Waals surface area contributed by atoms with Crippen LogP contribution >= 0.6 is 0 Å². The van der Waals surface area contributed by atoms with E-state index in [1.54, 1.807) is 12.1 Å². The van der Waals surface area contributed by atoms with Crippen molar-refractivity contribution >= 4 is 33.0 Å². The first-order valence-electron chi connectivity index (χ1n) is 9.83. The summed E-state index contributed by atoms with van der Waals surface area (Å²) in [5.41, 5.74) is 0.367. The monoisotopic (exact) mass is 472 g/mol. The van der Waals surface area contributed by atoms with Crippen LogP contribution in [0.25, 0.3) is 0 Å². The molecule has 168 valence electrons. The number of carbonyl (C=O) groups is 2. The minimum atomic E-state index is -4.46. The van der Waals surface area contributed by atoms with Crippen LogP contribution in [-0.2, 0) is 30.8 Å². The number of amides is 2. The first-order chi connectivity index (χ1) is 15.7. The van der Waals surface area contributed by atoms with Crippen LogP contribution in [0.2, 0.25) is 0 Å². The van der Waals surface area contributed by atoms with Gasteiger partial charge >= 0.3 is 0 Å². The van der Waals surface area contributed by atoms with E-state index in [0.29, 0.717) is 11.6 Å². The summed E-state index contributed by atoms with van der Waals surface area (Å²) in [5.74, 6) is -5.90. The largest absolute Gasteiger partial charge is 0.304 e. The molecule has 2 heterocycles. The van der Waals surface area contributed by atoms with Crippen LogP contribution in [0.4, 0.5) is 24.5 Å². The van der Waals surface area contributed by atoms with Crippen molar-refractivity contribution in [2.75, 3.05) is 15.6 Å². The van der Waals surface area contributed by atoms with E-state index < -0.39 is 49.7 Å². The minimum absolute atomic E-state index is 0.0157. The van der Waals surface area contributed by atoms with Gasteiger partial charge in [0.2, 0.25) is 5.91 Å². The van der Waals surface area contributed by atoms with Gasteiger partial charge in [0.05, 0.1) is 12.2 Å². The molecular formula is C23H15F3N2O4S. The summed E-state index contributed by atoms with van der Waals surface area (Å²) >= 11 is 0. The number of carbonyl (C=O) groups excluding carboxylic acids is 2. The highest BCUT2D eigenvalue weighted by Gasteiger charge is 2.69. The van der Waals surface area contributed by atoms with Crippen molar-refractivity contribution < 1.29 is 31.2 Å². The molecule has 1 spiro atoms. The lowest BCUT2D eigenvalue weighted by Crippen LogP contribution is -2.54. The molecule has 10 heteroatoms. The Bertz CT molecular complexity index is 1440. The molecule has 0 bridgehead atoms. The molecule has 1 saturated heterocycles. The van der Waals surface area contributed by atoms with Crippen molar-refractivity contribution in [2.45, 2.75) is 11.4 Å². The molecule has 5 rings (SSSR count). The molecule has 0 aliphatic carbocycles. The van der Waals surface area contributed by atoms with Crippen LogP contribution in [0.1, 0.15) is 11.1 Å². The van der Waals surface area contributed by atoms with Gasteiger partial charge in [0, 0.05) is 17.3 Å². The van der Waals surface area contributed by atoms with Crippen LogP contribution in [0.5, 0.6) is 0 Å². The van der Waals surface area contributed by atoms with Gasteiger partial charge in [-0.3, -0.25) is 14.5 Å². The van der Waals surface area contributed by atoms with Crippen LogP contribution < -0.4 is 9.80 Å². The van der Waals surface area contributed by atoms with Crippen LogP contribution in [0, 0.1) is 17.5 Å². The van der Waals surface area contributed by atoms with E-state index in [0.717, 1.165) is 21.9 Å². The zero-order valence-electron chi connectivity index (χ0n) is 16.8. The first kappa shape index (κ1) is 21.2. The van der Waals surface area contributed by atoms with E-state index in [2.05, 4.69) is 0 Å².